The molecular weight excluding hydrogens is 320 g/mol. The predicted octanol–water partition coefficient (Wildman–Crippen LogP) is 4.80. The smallest absolute Gasteiger partial charge is 0.199 e. The second-order valence-electron chi connectivity index (χ2n) is 8.33. The third-order valence-electron chi connectivity index (χ3n) is 6.50. The number of para-hydroxylation sites is 2. The number of hydrogen-bond donors (Lipinski definition) is 0. The van der Waals surface area contributed by atoms with Gasteiger partial charge in [-0.3, -0.25) is 0 Å². The average Bonchev–Trinajstić information content (AvgIpc) is 3.08. The molecule has 3 heteroatoms. The summed E-state index contributed by atoms with van der Waals surface area (Å²) in [5.41, 5.74) is 4.00. The quantitative estimate of drug-likeness (QED) is 0.792. The van der Waals surface area contributed by atoms with Gasteiger partial charge in [-0.15, -0.1) is 0 Å². The second-order valence-corrected chi connectivity index (χ2v) is 8.33. The van der Waals surface area contributed by atoms with E-state index in [1.54, 1.807) is 0 Å². The van der Waals surface area contributed by atoms with Crippen molar-refractivity contribution in [2.24, 2.45) is 5.92 Å². The molecule has 26 heavy (non-hydrogen) atoms. The maximum Gasteiger partial charge on any atom is 0.199 e. The fourth-order valence-corrected chi connectivity index (χ4v) is 5.15. The van der Waals surface area contributed by atoms with Crippen LogP contribution in [0.4, 0.5) is 5.69 Å². The Hall–Kier alpha value is -2.00. The lowest BCUT2D eigenvalue weighted by Crippen LogP contribution is -2.58. The largest absolute Gasteiger partial charge is 0.464 e. The van der Waals surface area contributed by atoms with Crippen LogP contribution >= 0.6 is 0 Å². The van der Waals surface area contributed by atoms with Crippen molar-refractivity contribution in [1.29, 1.82) is 0 Å². The molecule has 4 aliphatic rings. The highest BCUT2D eigenvalue weighted by molar-refractivity contribution is 5.64. The van der Waals surface area contributed by atoms with E-state index in [0.717, 1.165) is 11.7 Å². The summed E-state index contributed by atoms with van der Waals surface area (Å²) in [6.07, 6.45) is 2.64. The molecular formula is C23H28N2O. The van der Waals surface area contributed by atoms with Crippen LogP contribution in [0.2, 0.25) is 0 Å². The number of piperidine rings is 3. The molecule has 0 spiro atoms. The first-order valence-electron chi connectivity index (χ1n) is 10.1. The van der Waals surface area contributed by atoms with Gasteiger partial charge in [0.05, 0.1) is 5.69 Å². The fourth-order valence-electron chi connectivity index (χ4n) is 5.15. The lowest BCUT2D eigenvalue weighted by Gasteiger charge is -2.49. The average molecular weight is 348 g/mol. The topological polar surface area (TPSA) is 15.7 Å². The van der Waals surface area contributed by atoms with Crippen LogP contribution in [0.25, 0.3) is 0 Å². The van der Waals surface area contributed by atoms with E-state index in [1.165, 1.54) is 49.3 Å². The van der Waals surface area contributed by atoms with Gasteiger partial charge in [-0.2, -0.15) is 0 Å². The Morgan fingerprint density at radius 3 is 2.42 bits per heavy atom. The number of hydrogen-bond acceptors (Lipinski definition) is 3. The predicted molar refractivity (Wildman–Crippen MR) is 106 cm³/mol. The number of fused-ring (bicyclic) bond motifs is 4. The number of rotatable bonds is 3. The standard InChI is InChI=1S/C23H28N2O/c1-16(2)18-7-3-4-8-19(18)23-25(20-9-5-6-10-22(20)26-23)21-15-24-13-11-17(21)12-14-24/h3-10,16-17,21,23H,11-15H2,1-2H3/t21?,23-/m0/s1. The van der Waals surface area contributed by atoms with Crippen LogP contribution in [-0.4, -0.2) is 30.6 Å². The van der Waals surface area contributed by atoms with Gasteiger partial charge in [0, 0.05) is 18.2 Å². The van der Waals surface area contributed by atoms with Crippen molar-refractivity contribution >= 4 is 5.69 Å². The Bertz CT molecular complexity index is 794. The zero-order chi connectivity index (χ0) is 17.7. The first-order chi connectivity index (χ1) is 12.7. The molecule has 1 unspecified atom stereocenters. The molecule has 2 bridgehead atoms. The molecule has 2 aromatic rings. The van der Waals surface area contributed by atoms with Gasteiger partial charge < -0.3 is 14.5 Å². The third kappa shape index (κ3) is 2.52. The van der Waals surface area contributed by atoms with E-state index in [-0.39, 0.29) is 6.23 Å². The molecule has 6 rings (SSSR count). The van der Waals surface area contributed by atoms with Gasteiger partial charge in [-0.25, -0.2) is 0 Å². The van der Waals surface area contributed by atoms with Crippen LogP contribution in [0.15, 0.2) is 48.5 Å². The molecule has 3 fully saturated rings. The fraction of sp³-hybridized carbons (Fsp3) is 0.478. The Balaban J connectivity index is 1.59. The zero-order valence-corrected chi connectivity index (χ0v) is 15.8. The summed E-state index contributed by atoms with van der Waals surface area (Å²) >= 11 is 0. The summed E-state index contributed by atoms with van der Waals surface area (Å²) in [6, 6.07) is 18.0. The van der Waals surface area contributed by atoms with Crippen molar-refractivity contribution < 1.29 is 4.74 Å². The van der Waals surface area contributed by atoms with Crippen molar-refractivity contribution in [2.45, 2.75) is 44.9 Å². The monoisotopic (exact) mass is 348 g/mol. The van der Waals surface area contributed by atoms with E-state index in [9.17, 15) is 0 Å². The summed E-state index contributed by atoms with van der Waals surface area (Å²) in [5.74, 6) is 2.31. The lowest BCUT2D eigenvalue weighted by atomic mass is 9.82. The van der Waals surface area contributed by atoms with Gasteiger partial charge in [-0.1, -0.05) is 50.2 Å². The first kappa shape index (κ1) is 16.2. The van der Waals surface area contributed by atoms with E-state index in [0.29, 0.717) is 12.0 Å². The molecule has 2 aromatic carbocycles. The second kappa shape index (κ2) is 6.31. The number of benzene rings is 2. The lowest BCUT2D eigenvalue weighted by molar-refractivity contribution is 0.0698. The van der Waals surface area contributed by atoms with Gasteiger partial charge in [0.15, 0.2) is 6.23 Å². The summed E-state index contributed by atoms with van der Waals surface area (Å²) in [5, 5.41) is 0. The molecule has 0 amide bonds. The number of ether oxygens (including phenoxy) is 1. The summed E-state index contributed by atoms with van der Waals surface area (Å²) in [4.78, 5) is 5.24. The van der Waals surface area contributed by atoms with Crippen LogP contribution < -0.4 is 9.64 Å². The van der Waals surface area contributed by atoms with Gasteiger partial charge in [0.25, 0.3) is 0 Å². The minimum Gasteiger partial charge on any atom is -0.464 e. The molecule has 3 saturated heterocycles. The van der Waals surface area contributed by atoms with Crippen LogP contribution in [0.5, 0.6) is 5.75 Å². The van der Waals surface area contributed by atoms with Crippen molar-refractivity contribution in [3.05, 3.63) is 59.7 Å². The van der Waals surface area contributed by atoms with Gasteiger partial charge >= 0.3 is 0 Å². The zero-order valence-electron chi connectivity index (χ0n) is 15.8. The molecule has 4 heterocycles. The van der Waals surface area contributed by atoms with Gasteiger partial charge in [-0.05, 0) is 55.5 Å². The molecule has 4 aliphatic heterocycles. The molecule has 3 nitrogen and oxygen atoms in total. The highest BCUT2D eigenvalue weighted by atomic mass is 16.5. The van der Waals surface area contributed by atoms with Crippen LogP contribution in [0.3, 0.4) is 0 Å². The van der Waals surface area contributed by atoms with E-state index in [1.807, 2.05) is 0 Å². The van der Waals surface area contributed by atoms with Crippen LogP contribution in [-0.2, 0) is 0 Å². The molecule has 0 aliphatic carbocycles. The van der Waals surface area contributed by atoms with Crippen molar-refractivity contribution in [3.8, 4) is 5.75 Å². The van der Waals surface area contributed by atoms with Gasteiger partial charge in [0.1, 0.15) is 5.75 Å². The SMILES string of the molecule is CC(C)c1ccccc1[C@@H]1Oc2ccccc2N1C1CN2CCC1CC2. The van der Waals surface area contributed by atoms with Crippen molar-refractivity contribution in [2.75, 3.05) is 24.5 Å². The van der Waals surface area contributed by atoms with E-state index >= 15 is 0 Å². The van der Waals surface area contributed by atoms with Gasteiger partial charge in [0.2, 0.25) is 0 Å². The molecule has 0 aromatic heterocycles. The summed E-state index contributed by atoms with van der Waals surface area (Å²) in [7, 11) is 0. The normalized spacial score (nSPS) is 29.7. The number of nitrogens with zero attached hydrogens (tertiary/aromatic N) is 2. The van der Waals surface area contributed by atoms with Crippen LogP contribution in [0, 0.1) is 5.92 Å². The Morgan fingerprint density at radius 1 is 0.962 bits per heavy atom. The molecule has 0 radical (unpaired) electrons. The first-order valence-corrected chi connectivity index (χ1v) is 10.1. The minimum atomic E-state index is -0.00319. The van der Waals surface area contributed by atoms with Crippen LogP contribution in [0.1, 0.15) is 50.0 Å². The third-order valence-corrected chi connectivity index (χ3v) is 6.50. The minimum absolute atomic E-state index is 0.00319. The van der Waals surface area contributed by atoms with Crippen molar-refractivity contribution in [1.82, 2.24) is 4.90 Å². The maximum absolute atomic E-state index is 6.56. The molecule has 0 saturated carbocycles. The summed E-state index contributed by atoms with van der Waals surface area (Å²) in [6.45, 7) is 8.26. The molecule has 0 N–H and O–H groups in total. The highest BCUT2D eigenvalue weighted by Crippen LogP contribution is 2.48. The summed E-state index contributed by atoms with van der Waals surface area (Å²) < 4.78 is 6.56. The van der Waals surface area contributed by atoms with E-state index in [2.05, 4.69) is 72.2 Å². The maximum atomic E-state index is 6.56. The van der Waals surface area contributed by atoms with E-state index < -0.39 is 0 Å². The Labute approximate surface area is 156 Å². The molecule has 2 atom stereocenters. The molecule has 136 valence electrons. The number of anilines is 1. The highest BCUT2D eigenvalue weighted by Gasteiger charge is 2.44. The van der Waals surface area contributed by atoms with Crippen molar-refractivity contribution in [3.63, 3.8) is 0 Å². The Morgan fingerprint density at radius 2 is 1.69 bits per heavy atom. The Kier molecular flexibility index (Phi) is 3.93. The van der Waals surface area contributed by atoms with E-state index in [4.69, 9.17) is 4.74 Å².